The predicted octanol–water partition coefficient (Wildman–Crippen LogP) is 4.35. The monoisotopic (exact) mass is 563 g/mol. The summed E-state index contributed by atoms with van der Waals surface area (Å²) in [6, 6.07) is 16.4. The van der Waals surface area contributed by atoms with Gasteiger partial charge in [0.1, 0.15) is 5.82 Å². The Kier molecular flexibility index (Phi) is 8.83. The van der Waals surface area contributed by atoms with E-state index >= 15 is 0 Å². The number of benzene rings is 3. The fraction of sp³-hybridized carbons (Fsp3) is 0.406. The lowest BCUT2D eigenvalue weighted by Gasteiger charge is -2.40. The second-order valence-corrected chi connectivity index (χ2v) is 10.4. The third-order valence-electron chi connectivity index (χ3n) is 8.10. The Morgan fingerprint density at radius 2 is 1.49 bits per heavy atom. The summed E-state index contributed by atoms with van der Waals surface area (Å²) >= 11 is 0. The molecule has 218 valence electrons. The summed E-state index contributed by atoms with van der Waals surface area (Å²) in [4.78, 5) is 20.3. The van der Waals surface area contributed by atoms with E-state index in [1.165, 1.54) is 6.07 Å². The number of fused-ring (bicyclic) bond motifs is 1. The zero-order chi connectivity index (χ0) is 28.9. The van der Waals surface area contributed by atoms with Crippen LogP contribution >= 0.6 is 0 Å². The van der Waals surface area contributed by atoms with Gasteiger partial charge in [-0.1, -0.05) is 12.1 Å². The van der Waals surface area contributed by atoms with Crippen molar-refractivity contribution in [3.05, 3.63) is 77.1 Å². The summed E-state index contributed by atoms with van der Waals surface area (Å²) in [5.74, 6) is 2.51. The first-order chi connectivity index (χ1) is 19.9. The molecule has 8 nitrogen and oxygen atoms in total. The van der Waals surface area contributed by atoms with E-state index in [-0.39, 0.29) is 17.8 Å². The topological polar surface area (TPSA) is 63.7 Å². The molecule has 1 unspecified atom stereocenters. The number of nitrogens with zero attached hydrogens (tertiary/aromatic N) is 3. The summed E-state index contributed by atoms with van der Waals surface area (Å²) in [5, 5.41) is 0. The molecule has 2 heterocycles. The molecule has 1 fully saturated rings. The normalized spacial score (nSPS) is 17.1. The molecule has 3 aromatic rings. The van der Waals surface area contributed by atoms with E-state index in [0.717, 1.165) is 55.0 Å². The minimum Gasteiger partial charge on any atom is -0.493 e. The van der Waals surface area contributed by atoms with Crippen LogP contribution < -0.4 is 23.8 Å². The molecule has 41 heavy (non-hydrogen) atoms. The average molecular weight is 564 g/mol. The number of piperazine rings is 1. The van der Waals surface area contributed by atoms with Gasteiger partial charge in [0.15, 0.2) is 23.0 Å². The molecule has 0 saturated carbocycles. The maximum atomic E-state index is 13.9. The van der Waals surface area contributed by atoms with E-state index in [1.54, 1.807) is 40.6 Å². The molecule has 9 heteroatoms. The van der Waals surface area contributed by atoms with Gasteiger partial charge in [-0.05, 0) is 72.0 Å². The first kappa shape index (κ1) is 28.5. The molecule has 2 aliphatic heterocycles. The van der Waals surface area contributed by atoms with Crippen molar-refractivity contribution in [1.29, 1.82) is 0 Å². The Balaban J connectivity index is 1.37. The van der Waals surface area contributed by atoms with E-state index in [4.69, 9.17) is 18.9 Å². The molecule has 1 atom stereocenters. The molecule has 0 aliphatic carbocycles. The summed E-state index contributed by atoms with van der Waals surface area (Å²) in [6.45, 7) is 3.90. The van der Waals surface area contributed by atoms with Crippen LogP contribution in [-0.2, 0) is 17.6 Å². The Hall–Kier alpha value is -3.98. The third kappa shape index (κ3) is 6.20. The molecule has 0 bridgehead atoms. The van der Waals surface area contributed by atoms with E-state index in [9.17, 15) is 9.18 Å². The van der Waals surface area contributed by atoms with Gasteiger partial charge in [-0.15, -0.1) is 0 Å². The van der Waals surface area contributed by atoms with Gasteiger partial charge in [-0.3, -0.25) is 9.69 Å². The smallest absolute Gasteiger partial charge is 0.237 e. The van der Waals surface area contributed by atoms with Crippen molar-refractivity contribution in [2.24, 2.45) is 0 Å². The van der Waals surface area contributed by atoms with Crippen molar-refractivity contribution >= 4 is 11.6 Å². The maximum absolute atomic E-state index is 13.9. The number of anilines is 1. The van der Waals surface area contributed by atoms with Gasteiger partial charge in [0.05, 0.1) is 41.0 Å². The molecular weight excluding hydrogens is 525 g/mol. The molecule has 2 aliphatic rings. The van der Waals surface area contributed by atoms with E-state index < -0.39 is 0 Å². The average Bonchev–Trinajstić information content (AvgIpc) is 3.00. The number of carbonyl (C=O) groups excluding carboxylic acids is 1. The van der Waals surface area contributed by atoms with E-state index in [0.29, 0.717) is 42.5 Å². The highest BCUT2D eigenvalue weighted by atomic mass is 19.1. The zero-order valence-electron chi connectivity index (χ0n) is 24.2. The molecule has 0 radical (unpaired) electrons. The SMILES string of the molecule is COc1ccc(CC2c3cc(OC)c(OC)cc3CCN2C(=O)CN2CCN(c3cccc(F)c3)CC2)cc1OC. The van der Waals surface area contributed by atoms with Gasteiger partial charge in [0, 0.05) is 38.4 Å². The van der Waals surface area contributed by atoms with Gasteiger partial charge in [0.2, 0.25) is 5.91 Å². The van der Waals surface area contributed by atoms with Crippen LogP contribution in [0.4, 0.5) is 10.1 Å². The fourth-order valence-corrected chi connectivity index (χ4v) is 5.90. The predicted molar refractivity (Wildman–Crippen MR) is 156 cm³/mol. The van der Waals surface area contributed by atoms with Crippen molar-refractivity contribution in [1.82, 2.24) is 9.80 Å². The van der Waals surface area contributed by atoms with Crippen molar-refractivity contribution < 1.29 is 28.1 Å². The number of methoxy groups -OCH3 is 4. The number of carbonyl (C=O) groups is 1. The van der Waals surface area contributed by atoms with Gasteiger partial charge >= 0.3 is 0 Å². The molecule has 1 amide bonds. The van der Waals surface area contributed by atoms with Crippen LogP contribution in [0.3, 0.4) is 0 Å². The quantitative estimate of drug-likeness (QED) is 0.384. The Bertz CT molecular complexity index is 1380. The Labute approximate surface area is 241 Å². The number of rotatable bonds is 9. The largest absolute Gasteiger partial charge is 0.493 e. The highest BCUT2D eigenvalue weighted by molar-refractivity contribution is 5.79. The number of amides is 1. The maximum Gasteiger partial charge on any atom is 0.237 e. The zero-order valence-corrected chi connectivity index (χ0v) is 24.2. The minimum absolute atomic E-state index is 0.0927. The van der Waals surface area contributed by atoms with Gasteiger partial charge in [-0.25, -0.2) is 4.39 Å². The Morgan fingerprint density at radius 3 is 2.17 bits per heavy atom. The third-order valence-corrected chi connectivity index (χ3v) is 8.10. The lowest BCUT2D eigenvalue weighted by molar-refractivity contribution is -0.135. The summed E-state index contributed by atoms with van der Waals surface area (Å²) in [6.07, 6.45) is 1.35. The second kappa shape index (κ2) is 12.7. The summed E-state index contributed by atoms with van der Waals surface area (Å²) in [7, 11) is 6.51. The summed E-state index contributed by atoms with van der Waals surface area (Å²) in [5.41, 5.74) is 4.13. The van der Waals surface area contributed by atoms with Crippen LogP contribution in [0.15, 0.2) is 54.6 Å². The molecule has 5 rings (SSSR count). The number of hydrogen-bond acceptors (Lipinski definition) is 7. The van der Waals surface area contributed by atoms with Crippen LogP contribution in [0.1, 0.15) is 22.7 Å². The standard InChI is InChI=1S/C32H38FN3O5/c1-38-28-9-8-22(17-29(28)39-2)16-27-26-20-31(41-4)30(40-3)18-23(26)10-11-36(27)32(37)21-34-12-14-35(15-13-34)25-7-5-6-24(33)19-25/h5-9,17-20,27H,10-16,21H2,1-4H3. The molecule has 1 saturated heterocycles. The van der Waals surface area contributed by atoms with Crippen molar-refractivity contribution in [2.45, 2.75) is 18.9 Å². The van der Waals surface area contributed by atoms with Crippen LogP contribution in [0.25, 0.3) is 0 Å². The van der Waals surface area contributed by atoms with Gasteiger partial charge < -0.3 is 28.7 Å². The number of halogens is 1. The van der Waals surface area contributed by atoms with E-state index in [1.807, 2.05) is 41.3 Å². The first-order valence-corrected chi connectivity index (χ1v) is 13.9. The fourth-order valence-electron chi connectivity index (χ4n) is 5.90. The Morgan fingerprint density at radius 1 is 0.805 bits per heavy atom. The molecule has 3 aromatic carbocycles. The van der Waals surface area contributed by atoms with Gasteiger partial charge in [-0.2, -0.15) is 0 Å². The van der Waals surface area contributed by atoms with Crippen LogP contribution in [-0.4, -0.2) is 83.4 Å². The van der Waals surface area contributed by atoms with Crippen LogP contribution in [0.5, 0.6) is 23.0 Å². The first-order valence-electron chi connectivity index (χ1n) is 13.9. The van der Waals surface area contributed by atoms with E-state index in [2.05, 4.69) is 9.80 Å². The van der Waals surface area contributed by atoms with Crippen molar-refractivity contribution in [2.75, 3.05) is 72.6 Å². The molecule has 0 aromatic heterocycles. The highest BCUT2D eigenvalue weighted by Gasteiger charge is 2.33. The highest BCUT2D eigenvalue weighted by Crippen LogP contribution is 2.40. The molecule has 0 N–H and O–H groups in total. The van der Waals surface area contributed by atoms with Crippen molar-refractivity contribution in [3.63, 3.8) is 0 Å². The van der Waals surface area contributed by atoms with Crippen LogP contribution in [0.2, 0.25) is 0 Å². The minimum atomic E-state index is -0.236. The second-order valence-electron chi connectivity index (χ2n) is 10.4. The molecule has 0 spiro atoms. The van der Waals surface area contributed by atoms with Gasteiger partial charge in [0.25, 0.3) is 0 Å². The number of ether oxygens (including phenoxy) is 4. The number of hydrogen-bond donors (Lipinski definition) is 0. The lowest BCUT2D eigenvalue weighted by atomic mass is 9.88. The molecular formula is C32H38FN3O5. The summed E-state index contributed by atoms with van der Waals surface area (Å²) < 4.78 is 35.9. The van der Waals surface area contributed by atoms with Crippen LogP contribution in [0, 0.1) is 5.82 Å². The lowest BCUT2D eigenvalue weighted by Crippen LogP contribution is -2.51. The van der Waals surface area contributed by atoms with Crippen molar-refractivity contribution in [3.8, 4) is 23.0 Å².